The van der Waals surface area contributed by atoms with E-state index in [9.17, 15) is 25.9 Å². The van der Waals surface area contributed by atoms with Crippen molar-refractivity contribution in [2.24, 2.45) is 0 Å². The van der Waals surface area contributed by atoms with Gasteiger partial charge in [-0.3, -0.25) is 0 Å². The first-order chi connectivity index (χ1) is 21.5. The molecule has 0 amide bonds. The van der Waals surface area contributed by atoms with E-state index in [2.05, 4.69) is 35.7 Å². The number of benzene rings is 3. The maximum Gasteiger partial charge on any atom is 0.265 e. The van der Waals surface area contributed by atoms with Crippen LogP contribution in [0, 0.1) is 0 Å². The number of furan rings is 1. The number of thioether (sulfide) groups is 1. The van der Waals surface area contributed by atoms with Gasteiger partial charge < -0.3 is 18.4 Å². The lowest BCUT2D eigenvalue weighted by molar-refractivity contribution is -0.667. The number of anilines is 1. The van der Waals surface area contributed by atoms with Crippen molar-refractivity contribution in [2.75, 3.05) is 23.0 Å². The highest BCUT2D eigenvalue weighted by Gasteiger charge is 2.29. The quantitative estimate of drug-likeness (QED) is 0.115. The third-order valence-corrected chi connectivity index (χ3v) is 12.4. The van der Waals surface area contributed by atoms with Crippen molar-refractivity contribution in [1.29, 1.82) is 0 Å². The van der Waals surface area contributed by atoms with Crippen molar-refractivity contribution in [3.63, 3.8) is 0 Å². The lowest BCUT2D eigenvalue weighted by Crippen LogP contribution is -2.36. The summed E-state index contributed by atoms with van der Waals surface area (Å²) in [7, 11) is -8.77. The van der Waals surface area contributed by atoms with Crippen LogP contribution in [0.1, 0.15) is 17.8 Å². The topological polar surface area (TPSA) is 135 Å². The highest BCUT2D eigenvalue weighted by Crippen LogP contribution is 2.49. The summed E-state index contributed by atoms with van der Waals surface area (Å²) in [6.45, 7) is 0.610. The van der Waals surface area contributed by atoms with Gasteiger partial charge in [-0.05, 0) is 53.8 Å². The summed E-state index contributed by atoms with van der Waals surface area (Å²) in [6, 6.07) is 20.2. The summed E-state index contributed by atoms with van der Waals surface area (Å²) in [4.78, 5) is 3.05. The van der Waals surface area contributed by atoms with Crippen LogP contribution in [-0.2, 0) is 26.8 Å². The Hall–Kier alpha value is -3.24. The second kappa shape index (κ2) is 11.8. The molecule has 0 saturated carbocycles. The maximum absolute atomic E-state index is 11.5. The van der Waals surface area contributed by atoms with Gasteiger partial charge in [0.1, 0.15) is 10.3 Å². The number of rotatable bonds is 10. The predicted octanol–water partition coefficient (Wildman–Crippen LogP) is 6.60. The zero-order chi connectivity index (χ0) is 31.3. The minimum atomic E-state index is -4.39. The number of aromatic nitrogens is 1. The molecule has 3 aromatic heterocycles. The first kappa shape index (κ1) is 30.4. The van der Waals surface area contributed by atoms with Crippen LogP contribution in [0.15, 0.2) is 86.6 Å². The summed E-state index contributed by atoms with van der Waals surface area (Å²) in [5.74, 6) is -0.957. The molecule has 45 heavy (non-hydrogen) atoms. The van der Waals surface area contributed by atoms with E-state index in [1.165, 1.54) is 16.0 Å². The van der Waals surface area contributed by atoms with Gasteiger partial charge in [-0.2, -0.15) is 4.57 Å². The minimum Gasteiger partial charge on any atom is -0.748 e. The second-order valence-electron chi connectivity index (χ2n) is 10.6. The van der Waals surface area contributed by atoms with Crippen LogP contribution in [0.5, 0.6) is 0 Å². The van der Waals surface area contributed by atoms with Crippen LogP contribution >= 0.6 is 34.4 Å². The summed E-state index contributed by atoms with van der Waals surface area (Å²) in [6.07, 6.45) is 3.91. The molecule has 6 aromatic rings. The van der Waals surface area contributed by atoms with Crippen LogP contribution in [0.3, 0.4) is 0 Å². The molecular weight excluding hydrogens is 673 g/mol. The monoisotopic (exact) mass is 697 g/mol. The SMILES string of the molecule is O=S(=O)([O-])CCCN1/C(=C/c2sc3ccc4occc4c3[n+]2CCCS(=O)(=O)[O-])Sc2ccc(-c3csc4ccccc34)cc21. The summed E-state index contributed by atoms with van der Waals surface area (Å²) >= 11 is 4.76. The Morgan fingerprint density at radius 3 is 2.51 bits per heavy atom. The van der Waals surface area contributed by atoms with E-state index in [0.717, 1.165) is 52.7 Å². The van der Waals surface area contributed by atoms with Gasteiger partial charge in [-0.15, -0.1) is 11.3 Å². The Labute approximate surface area is 271 Å². The fourth-order valence-electron chi connectivity index (χ4n) is 5.69. The van der Waals surface area contributed by atoms with Crippen molar-refractivity contribution in [3.05, 3.63) is 82.3 Å². The van der Waals surface area contributed by atoms with E-state index < -0.39 is 31.7 Å². The molecule has 0 radical (unpaired) electrons. The smallest absolute Gasteiger partial charge is 0.265 e. The molecule has 0 N–H and O–H groups in total. The molecule has 0 spiro atoms. The Morgan fingerprint density at radius 2 is 1.69 bits per heavy atom. The van der Waals surface area contributed by atoms with Crippen LogP contribution in [0.4, 0.5) is 5.69 Å². The van der Waals surface area contributed by atoms with Crippen molar-refractivity contribution in [3.8, 4) is 11.1 Å². The van der Waals surface area contributed by atoms with E-state index in [0.29, 0.717) is 18.7 Å². The number of nitrogens with zero attached hydrogens (tertiary/aromatic N) is 2. The predicted molar refractivity (Wildman–Crippen MR) is 179 cm³/mol. The standard InChI is InChI=1S/C31H26N2O7S5/c34-44(35,36)15-3-12-32-24-17-20(23-19-41-26-6-2-1-5-21(23)26)7-9-27(24)42-29(32)18-30-33(13-4-16-45(37,38)39)31-22-11-14-40-25(22)8-10-28(31)43-30/h1-2,5-11,14,17-19H,3-4,12-13,15-16H2,(H-,34,35,36,37,38,39)/p-1. The molecule has 232 valence electrons. The van der Waals surface area contributed by atoms with Crippen molar-refractivity contribution < 1.29 is 34.9 Å². The van der Waals surface area contributed by atoms with Crippen LogP contribution in [0.25, 0.3) is 48.5 Å². The van der Waals surface area contributed by atoms with Crippen molar-refractivity contribution in [1.82, 2.24) is 0 Å². The fraction of sp³-hybridized carbons (Fsp3) is 0.194. The lowest BCUT2D eigenvalue weighted by atomic mass is 10.0. The summed E-state index contributed by atoms with van der Waals surface area (Å²) in [5, 5.41) is 5.86. The normalized spacial score (nSPS) is 14.8. The number of aryl methyl sites for hydroxylation is 1. The molecule has 0 fully saturated rings. The average Bonchev–Trinajstić information content (AvgIpc) is 3.76. The first-order valence-corrected chi connectivity index (χ1v) is 19.7. The van der Waals surface area contributed by atoms with Crippen molar-refractivity contribution in [2.45, 2.75) is 24.3 Å². The highest BCUT2D eigenvalue weighted by molar-refractivity contribution is 8.04. The summed E-state index contributed by atoms with van der Waals surface area (Å²) < 4.78 is 78.5. The number of hydrogen-bond donors (Lipinski definition) is 0. The van der Waals surface area contributed by atoms with Crippen LogP contribution in [0.2, 0.25) is 0 Å². The fourth-order valence-corrected chi connectivity index (χ4v) is 9.95. The molecule has 7 rings (SSSR count). The molecule has 14 heteroatoms. The summed E-state index contributed by atoms with van der Waals surface area (Å²) in [5.41, 5.74) is 4.65. The Bertz CT molecular complexity index is 2340. The van der Waals surface area contributed by atoms with Crippen molar-refractivity contribution >= 4 is 97.7 Å². The highest BCUT2D eigenvalue weighted by atomic mass is 32.2. The number of thiophene rings is 1. The molecule has 1 aliphatic heterocycles. The van der Waals surface area contributed by atoms with Gasteiger partial charge in [-0.25, -0.2) is 16.8 Å². The molecule has 9 nitrogen and oxygen atoms in total. The Balaban J connectivity index is 1.32. The molecule has 0 bridgehead atoms. The van der Waals surface area contributed by atoms with Gasteiger partial charge in [0.2, 0.25) is 5.52 Å². The molecular formula is C31H25N2O7S5-. The molecule has 0 saturated heterocycles. The number of fused-ring (bicyclic) bond motifs is 5. The average molecular weight is 698 g/mol. The zero-order valence-corrected chi connectivity index (χ0v) is 27.6. The number of hydrogen-bond acceptors (Lipinski definition) is 11. The Kier molecular flexibility index (Phi) is 8.01. The van der Waals surface area contributed by atoms with Gasteiger partial charge in [0, 0.05) is 45.0 Å². The molecule has 3 aromatic carbocycles. The third kappa shape index (κ3) is 6.28. The second-order valence-corrected chi connectivity index (χ2v) is 16.7. The van der Waals surface area contributed by atoms with Gasteiger partial charge >= 0.3 is 0 Å². The van der Waals surface area contributed by atoms with Gasteiger partial charge in [0.15, 0.2) is 6.54 Å². The van der Waals surface area contributed by atoms with Gasteiger partial charge in [0.25, 0.3) is 5.01 Å². The van der Waals surface area contributed by atoms with Crippen LogP contribution < -0.4 is 9.47 Å². The molecule has 0 atom stereocenters. The van der Waals surface area contributed by atoms with Gasteiger partial charge in [0.05, 0.1) is 48.7 Å². The molecule has 0 unspecified atom stereocenters. The molecule has 0 aliphatic carbocycles. The lowest BCUT2D eigenvalue weighted by Gasteiger charge is -2.21. The van der Waals surface area contributed by atoms with Gasteiger partial charge in [-0.1, -0.05) is 47.4 Å². The van der Waals surface area contributed by atoms with E-state index >= 15 is 0 Å². The first-order valence-electron chi connectivity index (χ1n) is 14.0. The third-order valence-electron chi connectivity index (χ3n) is 7.64. The zero-order valence-electron chi connectivity index (χ0n) is 23.5. The van der Waals surface area contributed by atoms with E-state index in [1.54, 1.807) is 29.4 Å². The van der Waals surface area contributed by atoms with E-state index in [-0.39, 0.29) is 12.8 Å². The molecule has 4 heterocycles. The largest absolute Gasteiger partial charge is 0.748 e. The maximum atomic E-state index is 11.5. The number of thiazole rings is 1. The Morgan fingerprint density at radius 1 is 0.889 bits per heavy atom. The minimum absolute atomic E-state index is 0.142. The van der Waals surface area contributed by atoms with Crippen LogP contribution in [-0.4, -0.2) is 44.0 Å². The van der Waals surface area contributed by atoms with E-state index in [4.69, 9.17) is 4.42 Å². The molecule has 1 aliphatic rings. The van der Waals surface area contributed by atoms with E-state index in [1.807, 2.05) is 45.9 Å².